The number of benzene rings is 1. The molecule has 0 saturated carbocycles. The summed E-state index contributed by atoms with van der Waals surface area (Å²) in [7, 11) is 0. The SMILES string of the molecule is CCC(NCCCCCO)c1ccc2c(c1)OCCO2. The third-order valence-electron chi connectivity index (χ3n) is 3.60. The Balaban J connectivity index is 1.90. The molecule has 0 amide bonds. The van der Waals surface area contributed by atoms with Gasteiger partial charge in [0, 0.05) is 12.6 Å². The van der Waals surface area contributed by atoms with Crippen LogP contribution in [0.2, 0.25) is 0 Å². The first-order valence-corrected chi connectivity index (χ1v) is 7.59. The highest BCUT2D eigenvalue weighted by atomic mass is 16.6. The summed E-state index contributed by atoms with van der Waals surface area (Å²) in [4.78, 5) is 0. The summed E-state index contributed by atoms with van der Waals surface area (Å²) in [5, 5.41) is 12.3. The van der Waals surface area contributed by atoms with E-state index in [1.807, 2.05) is 6.07 Å². The number of fused-ring (bicyclic) bond motifs is 1. The van der Waals surface area contributed by atoms with Crippen LogP contribution in [0.1, 0.15) is 44.2 Å². The molecule has 1 unspecified atom stereocenters. The molecule has 4 heteroatoms. The number of aliphatic hydroxyl groups is 1. The van der Waals surface area contributed by atoms with E-state index in [4.69, 9.17) is 14.6 Å². The van der Waals surface area contributed by atoms with Gasteiger partial charge in [-0.3, -0.25) is 0 Å². The van der Waals surface area contributed by atoms with Crippen LogP contribution in [0.25, 0.3) is 0 Å². The van der Waals surface area contributed by atoms with Crippen molar-refractivity contribution in [1.29, 1.82) is 0 Å². The highest BCUT2D eigenvalue weighted by Crippen LogP contribution is 2.33. The standard InChI is InChI=1S/C16H25NO3/c1-2-14(17-8-4-3-5-9-18)13-6-7-15-16(12-13)20-11-10-19-15/h6-7,12,14,17-18H,2-5,8-11H2,1H3. The van der Waals surface area contributed by atoms with Gasteiger partial charge in [-0.2, -0.15) is 0 Å². The van der Waals surface area contributed by atoms with Crippen LogP contribution in [0.4, 0.5) is 0 Å². The highest BCUT2D eigenvalue weighted by Gasteiger charge is 2.15. The van der Waals surface area contributed by atoms with E-state index < -0.39 is 0 Å². The minimum atomic E-state index is 0.291. The van der Waals surface area contributed by atoms with E-state index in [0.717, 1.165) is 43.7 Å². The number of unbranched alkanes of at least 4 members (excludes halogenated alkanes) is 2. The van der Waals surface area contributed by atoms with E-state index in [-0.39, 0.29) is 0 Å². The average Bonchev–Trinajstić information content (AvgIpc) is 2.50. The molecule has 0 fully saturated rings. The van der Waals surface area contributed by atoms with Gasteiger partial charge in [0.15, 0.2) is 11.5 Å². The van der Waals surface area contributed by atoms with Crippen LogP contribution in [0, 0.1) is 0 Å². The maximum absolute atomic E-state index is 8.77. The van der Waals surface area contributed by atoms with Gasteiger partial charge in [0.25, 0.3) is 0 Å². The quantitative estimate of drug-likeness (QED) is 0.718. The lowest BCUT2D eigenvalue weighted by atomic mass is 10.0. The average molecular weight is 279 g/mol. The third-order valence-corrected chi connectivity index (χ3v) is 3.60. The number of hydrogen-bond acceptors (Lipinski definition) is 4. The van der Waals surface area contributed by atoms with Crippen molar-refractivity contribution >= 4 is 0 Å². The number of ether oxygens (including phenoxy) is 2. The summed E-state index contributed by atoms with van der Waals surface area (Å²) in [6.45, 7) is 4.71. The predicted octanol–water partition coefficient (Wildman–Crippen LogP) is 2.66. The number of hydrogen-bond donors (Lipinski definition) is 2. The van der Waals surface area contributed by atoms with Crippen molar-refractivity contribution in [3.8, 4) is 11.5 Å². The molecule has 2 N–H and O–H groups in total. The Morgan fingerprint density at radius 1 is 1.15 bits per heavy atom. The van der Waals surface area contributed by atoms with Crippen molar-refractivity contribution in [2.75, 3.05) is 26.4 Å². The second-order valence-electron chi connectivity index (χ2n) is 5.10. The van der Waals surface area contributed by atoms with Gasteiger partial charge in [-0.1, -0.05) is 13.0 Å². The molecule has 112 valence electrons. The monoisotopic (exact) mass is 279 g/mol. The molecule has 0 aliphatic carbocycles. The van der Waals surface area contributed by atoms with Crippen molar-refractivity contribution in [1.82, 2.24) is 5.32 Å². The summed E-state index contributed by atoms with van der Waals surface area (Å²) in [6, 6.07) is 6.55. The number of rotatable bonds is 8. The molecule has 1 aromatic carbocycles. The number of nitrogens with one attached hydrogen (secondary N) is 1. The molecule has 0 saturated heterocycles. The van der Waals surface area contributed by atoms with Crippen LogP contribution in [0.5, 0.6) is 11.5 Å². The lowest BCUT2D eigenvalue weighted by molar-refractivity contribution is 0.171. The zero-order valence-corrected chi connectivity index (χ0v) is 12.2. The van der Waals surface area contributed by atoms with Gasteiger partial charge < -0.3 is 19.9 Å². The molecule has 0 radical (unpaired) electrons. The predicted molar refractivity (Wildman–Crippen MR) is 79.4 cm³/mol. The zero-order chi connectivity index (χ0) is 14.2. The van der Waals surface area contributed by atoms with Crippen LogP contribution < -0.4 is 14.8 Å². The Labute approximate surface area is 121 Å². The first-order valence-electron chi connectivity index (χ1n) is 7.59. The lowest BCUT2D eigenvalue weighted by Crippen LogP contribution is -2.22. The summed E-state index contributed by atoms with van der Waals surface area (Å²) in [6.07, 6.45) is 4.10. The van der Waals surface area contributed by atoms with Crippen LogP contribution in [-0.4, -0.2) is 31.5 Å². The fourth-order valence-corrected chi connectivity index (χ4v) is 2.46. The molecule has 1 heterocycles. The second kappa shape index (κ2) is 8.12. The van der Waals surface area contributed by atoms with E-state index in [9.17, 15) is 0 Å². The fraction of sp³-hybridized carbons (Fsp3) is 0.625. The molecule has 1 aliphatic heterocycles. The Morgan fingerprint density at radius 3 is 2.70 bits per heavy atom. The molecule has 1 aliphatic rings. The summed E-state index contributed by atoms with van der Waals surface area (Å²) in [5.41, 5.74) is 1.25. The van der Waals surface area contributed by atoms with Crippen molar-refractivity contribution in [2.24, 2.45) is 0 Å². The van der Waals surface area contributed by atoms with Crippen LogP contribution in [0.3, 0.4) is 0 Å². The molecule has 4 nitrogen and oxygen atoms in total. The lowest BCUT2D eigenvalue weighted by Gasteiger charge is -2.22. The number of aliphatic hydroxyl groups excluding tert-OH is 1. The van der Waals surface area contributed by atoms with E-state index in [1.54, 1.807) is 0 Å². The molecule has 0 spiro atoms. The van der Waals surface area contributed by atoms with E-state index in [1.165, 1.54) is 5.56 Å². The van der Waals surface area contributed by atoms with Gasteiger partial charge in [0.1, 0.15) is 13.2 Å². The third kappa shape index (κ3) is 4.12. The van der Waals surface area contributed by atoms with E-state index in [0.29, 0.717) is 25.9 Å². The largest absolute Gasteiger partial charge is 0.486 e. The normalized spacial score (nSPS) is 15.1. The van der Waals surface area contributed by atoms with Crippen molar-refractivity contribution in [3.05, 3.63) is 23.8 Å². The van der Waals surface area contributed by atoms with Gasteiger partial charge in [-0.15, -0.1) is 0 Å². The molecule has 1 atom stereocenters. The van der Waals surface area contributed by atoms with Crippen LogP contribution in [-0.2, 0) is 0 Å². The molecular weight excluding hydrogens is 254 g/mol. The molecular formula is C16H25NO3. The molecule has 20 heavy (non-hydrogen) atoms. The zero-order valence-electron chi connectivity index (χ0n) is 12.2. The van der Waals surface area contributed by atoms with E-state index >= 15 is 0 Å². The fourth-order valence-electron chi connectivity index (χ4n) is 2.46. The van der Waals surface area contributed by atoms with Crippen molar-refractivity contribution in [3.63, 3.8) is 0 Å². The summed E-state index contributed by atoms with van der Waals surface area (Å²) >= 11 is 0. The molecule has 1 aromatic rings. The molecule has 0 aromatic heterocycles. The van der Waals surface area contributed by atoms with Gasteiger partial charge in [0.05, 0.1) is 0 Å². The van der Waals surface area contributed by atoms with Crippen molar-refractivity contribution in [2.45, 2.75) is 38.6 Å². The van der Waals surface area contributed by atoms with Gasteiger partial charge in [0.2, 0.25) is 0 Å². The van der Waals surface area contributed by atoms with Crippen LogP contribution in [0.15, 0.2) is 18.2 Å². The van der Waals surface area contributed by atoms with Gasteiger partial charge in [-0.25, -0.2) is 0 Å². The van der Waals surface area contributed by atoms with Crippen molar-refractivity contribution < 1.29 is 14.6 Å². The Kier molecular flexibility index (Phi) is 6.15. The Morgan fingerprint density at radius 2 is 1.95 bits per heavy atom. The minimum absolute atomic E-state index is 0.291. The highest BCUT2D eigenvalue weighted by molar-refractivity contribution is 5.44. The Bertz CT molecular complexity index is 409. The van der Waals surface area contributed by atoms with Gasteiger partial charge in [-0.05, 0) is 49.9 Å². The molecule has 2 rings (SSSR count). The molecule has 0 bridgehead atoms. The first kappa shape index (κ1) is 15.1. The minimum Gasteiger partial charge on any atom is -0.486 e. The topological polar surface area (TPSA) is 50.7 Å². The smallest absolute Gasteiger partial charge is 0.161 e. The second-order valence-corrected chi connectivity index (χ2v) is 5.10. The van der Waals surface area contributed by atoms with E-state index in [2.05, 4.69) is 24.4 Å². The summed E-state index contributed by atoms with van der Waals surface area (Å²) < 4.78 is 11.2. The van der Waals surface area contributed by atoms with Crippen LogP contribution >= 0.6 is 0 Å². The Hall–Kier alpha value is -1.26. The maximum Gasteiger partial charge on any atom is 0.161 e. The van der Waals surface area contributed by atoms with Gasteiger partial charge >= 0.3 is 0 Å². The summed E-state index contributed by atoms with van der Waals surface area (Å²) in [5.74, 6) is 1.70. The first-order chi connectivity index (χ1) is 9.85. The maximum atomic E-state index is 8.77.